The van der Waals surface area contributed by atoms with E-state index in [0.717, 1.165) is 6.54 Å². The maximum atomic E-state index is 2.62. The molecule has 22 heavy (non-hydrogen) atoms. The first-order chi connectivity index (χ1) is 10.8. The quantitative estimate of drug-likeness (QED) is 0.415. The normalized spacial score (nSPS) is 15.8. The number of hydrogen-bond acceptors (Lipinski definition) is 1. The minimum Gasteiger partial charge on any atom is -0.295 e. The smallest absolute Gasteiger partial charge is 0.0240 e. The lowest BCUT2D eigenvalue weighted by molar-refractivity contribution is 0.273. The Morgan fingerprint density at radius 3 is 2.59 bits per heavy atom. The van der Waals surface area contributed by atoms with Gasteiger partial charge in [-0.15, -0.1) is 0 Å². The van der Waals surface area contributed by atoms with Crippen molar-refractivity contribution in [2.75, 3.05) is 13.1 Å². The Balaban J connectivity index is 1.76. The number of allylic oxidation sites excluding steroid dienone is 1. The minimum atomic E-state index is 1.13. The SMILES string of the molecule is CCCCCCC/C=C(\CC)CN1CCc2ccccc2C1. The fraction of sp³-hybridized carbons (Fsp3) is 0.619. The summed E-state index contributed by atoms with van der Waals surface area (Å²) in [6, 6.07) is 8.93. The first kappa shape index (κ1) is 17.3. The zero-order valence-corrected chi connectivity index (χ0v) is 14.6. The van der Waals surface area contributed by atoms with Crippen LogP contribution in [0.5, 0.6) is 0 Å². The van der Waals surface area contributed by atoms with E-state index in [1.807, 2.05) is 0 Å². The van der Waals surface area contributed by atoms with Gasteiger partial charge in [-0.3, -0.25) is 4.90 Å². The number of benzene rings is 1. The molecule has 2 rings (SSSR count). The second kappa shape index (κ2) is 9.84. The van der Waals surface area contributed by atoms with Crippen LogP contribution in [0.4, 0.5) is 0 Å². The number of rotatable bonds is 9. The van der Waals surface area contributed by atoms with Crippen LogP contribution in [0.3, 0.4) is 0 Å². The third-order valence-corrected chi connectivity index (χ3v) is 4.83. The summed E-state index contributed by atoms with van der Waals surface area (Å²) in [6.07, 6.45) is 13.1. The molecular weight excluding hydrogens is 266 g/mol. The van der Waals surface area contributed by atoms with Crippen molar-refractivity contribution in [3.63, 3.8) is 0 Å². The zero-order chi connectivity index (χ0) is 15.6. The van der Waals surface area contributed by atoms with Gasteiger partial charge in [0, 0.05) is 19.6 Å². The summed E-state index contributed by atoms with van der Waals surface area (Å²) in [5, 5.41) is 0. The lowest BCUT2D eigenvalue weighted by Crippen LogP contribution is -2.32. The molecule has 0 saturated heterocycles. The molecule has 1 aliphatic heterocycles. The van der Waals surface area contributed by atoms with Gasteiger partial charge in [0.05, 0.1) is 0 Å². The van der Waals surface area contributed by atoms with Gasteiger partial charge in [0.2, 0.25) is 0 Å². The fourth-order valence-corrected chi connectivity index (χ4v) is 3.35. The second-order valence-electron chi connectivity index (χ2n) is 6.65. The minimum absolute atomic E-state index is 1.13. The van der Waals surface area contributed by atoms with Crippen LogP contribution in [0.25, 0.3) is 0 Å². The van der Waals surface area contributed by atoms with E-state index >= 15 is 0 Å². The van der Waals surface area contributed by atoms with Gasteiger partial charge in [-0.1, -0.05) is 75.4 Å². The topological polar surface area (TPSA) is 3.24 Å². The summed E-state index contributed by atoms with van der Waals surface area (Å²) < 4.78 is 0. The van der Waals surface area contributed by atoms with Crippen molar-refractivity contribution in [2.45, 2.75) is 71.8 Å². The molecule has 1 aromatic rings. The molecule has 0 aromatic heterocycles. The largest absolute Gasteiger partial charge is 0.295 e. The van der Waals surface area contributed by atoms with E-state index in [-0.39, 0.29) is 0 Å². The van der Waals surface area contributed by atoms with Crippen molar-refractivity contribution in [3.8, 4) is 0 Å². The average Bonchev–Trinajstić information content (AvgIpc) is 2.56. The monoisotopic (exact) mass is 299 g/mol. The summed E-state index contributed by atoms with van der Waals surface area (Å²) in [4.78, 5) is 2.62. The molecular formula is C21H33N. The third kappa shape index (κ3) is 5.61. The van der Waals surface area contributed by atoms with Gasteiger partial charge >= 0.3 is 0 Å². The fourth-order valence-electron chi connectivity index (χ4n) is 3.35. The molecule has 0 radical (unpaired) electrons. The summed E-state index contributed by atoms with van der Waals surface area (Å²) in [5.41, 5.74) is 4.72. The first-order valence-electron chi connectivity index (χ1n) is 9.30. The molecule has 0 bridgehead atoms. The van der Waals surface area contributed by atoms with Crippen molar-refractivity contribution < 1.29 is 0 Å². The Hall–Kier alpha value is -1.08. The molecule has 1 nitrogen and oxygen atoms in total. The van der Waals surface area contributed by atoms with Crippen LogP contribution in [0, 0.1) is 0 Å². The maximum Gasteiger partial charge on any atom is 0.0240 e. The summed E-state index contributed by atoms with van der Waals surface area (Å²) in [7, 11) is 0. The van der Waals surface area contributed by atoms with Crippen molar-refractivity contribution in [1.29, 1.82) is 0 Å². The molecule has 0 aliphatic carbocycles. The van der Waals surface area contributed by atoms with Crippen LogP contribution in [-0.4, -0.2) is 18.0 Å². The average molecular weight is 300 g/mol. The van der Waals surface area contributed by atoms with Crippen molar-refractivity contribution in [3.05, 3.63) is 47.0 Å². The van der Waals surface area contributed by atoms with E-state index in [1.165, 1.54) is 70.0 Å². The zero-order valence-electron chi connectivity index (χ0n) is 14.6. The maximum absolute atomic E-state index is 2.62. The second-order valence-corrected chi connectivity index (χ2v) is 6.65. The molecule has 0 N–H and O–H groups in total. The Labute approximate surface area is 137 Å². The van der Waals surface area contributed by atoms with E-state index in [0.29, 0.717) is 0 Å². The highest BCUT2D eigenvalue weighted by Gasteiger charge is 2.15. The first-order valence-corrected chi connectivity index (χ1v) is 9.30. The van der Waals surface area contributed by atoms with E-state index in [1.54, 1.807) is 11.1 Å². The molecule has 0 atom stereocenters. The molecule has 0 fully saturated rings. The van der Waals surface area contributed by atoms with Crippen molar-refractivity contribution in [1.82, 2.24) is 4.90 Å². The van der Waals surface area contributed by atoms with E-state index < -0.39 is 0 Å². The lowest BCUT2D eigenvalue weighted by atomic mass is 9.99. The van der Waals surface area contributed by atoms with Gasteiger partial charge in [0.25, 0.3) is 0 Å². The van der Waals surface area contributed by atoms with Crippen LogP contribution in [0.2, 0.25) is 0 Å². The van der Waals surface area contributed by atoms with Crippen LogP contribution < -0.4 is 0 Å². The molecule has 0 saturated carbocycles. The molecule has 1 heteroatoms. The van der Waals surface area contributed by atoms with Gasteiger partial charge in [-0.2, -0.15) is 0 Å². The molecule has 0 unspecified atom stereocenters. The molecule has 1 heterocycles. The van der Waals surface area contributed by atoms with Gasteiger partial charge in [0.1, 0.15) is 0 Å². The van der Waals surface area contributed by atoms with E-state index in [2.05, 4.69) is 49.1 Å². The molecule has 1 aromatic carbocycles. The highest BCUT2D eigenvalue weighted by molar-refractivity contribution is 5.29. The molecule has 0 amide bonds. The Bertz CT molecular complexity index is 461. The number of unbranched alkanes of at least 4 members (excludes halogenated alkanes) is 5. The Morgan fingerprint density at radius 1 is 1.05 bits per heavy atom. The highest BCUT2D eigenvalue weighted by Crippen LogP contribution is 2.20. The van der Waals surface area contributed by atoms with Crippen LogP contribution >= 0.6 is 0 Å². The molecule has 0 spiro atoms. The Morgan fingerprint density at radius 2 is 1.82 bits per heavy atom. The van der Waals surface area contributed by atoms with E-state index in [4.69, 9.17) is 0 Å². The lowest BCUT2D eigenvalue weighted by Gasteiger charge is -2.29. The third-order valence-electron chi connectivity index (χ3n) is 4.83. The number of fused-ring (bicyclic) bond motifs is 1. The predicted molar refractivity (Wildman–Crippen MR) is 97.2 cm³/mol. The predicted octanol–water partition coefficient (Wildman–Crippen LogP) is 5.74. The van der Waals surface area contributed by atoms with Crippen molar-refractivity contribution >= 4 is 0 Å². The van der Waals surface area contributed by atoms with Gasteiger partial charge < -0.3 is 0 Å². The van der Waals surface area contributed by atoms with E-state index in [9.17, 15) is 0 Å². The number of nitrogens with zero attached hydrogens (tertiary/aromatic N) is 1. The van der Waals surface area contributed by atoms with Crippen LogP contribution in [0.1, 0.15) is 69.9 Å². The Kier molecular flexibility index (Phi) is 7.73. The molecule has 1 aliphatic rings. The van der Waals surface area contributed by atoms with Crippen LogP contribution in [-0.2, 0) is 13.0 Å². The standard InChI is InChI=1S/C21H33N/c1-3-5-6-7-8-9-12-19(4-2)17-22-16-15-20-13-10-11-14-21(20)18-22/h10-14H,3-9,15-18H2,1-2H3/b19-12+. The van der Waals surface area contributed by atoms with Gasteiger partial charge in [-0.25, -0.2) is 0 Å². The summed E-state index contributed by atoms with van der Waals surface area (Å²) in [6.45, 7) is 8.10. The number of hydrogen-bond donors (Lipinski definition) is 0. The summed E-state index contributed by atoms with van der Waals surface area (Å²) in [5.74, 6) is 0. The molecule has 122 valence electrons. The van der Waals surface area contributed by atoms with Gasteiger partial charge in [0.15, 0.2) is 0 Å². The van der Waals surface area contributed by atoms with Crippen molar-refractivity contribution in [2.24, 2.45) is 0 Å². The van der Waals surface area contributed by atoms with Crippen LogP contribution in [0.15, 0.2) is 35.9 Å². The highest BCUT2D eigenvalue weighted by atomic mass is 15.1. The summed E-state index contributed by atoms with van der Waals surface area (Å²) >= 11 is 0. The van der Waals surface area contributed by atoms with Gasteiger partial charge in [-0.05, 0) is 36.8 Å².